The zero-order chi connectivity index (χ0) is 18.8. The van der Waals surface area contributed by atoms with Gasteiger partial charge in [-0.25, -0.2) is 0 Å². The van der Waals surface area contributed by atoms with E-state index in [1.807, 2.05) is 30.5 Å². The van der Waals surface area contributed by atoms with E-state index in [2.05, 4.69) is 21.4 Å². The molecule has 138 valence electrons. The fraction of sp³-hybridized carbons (Fsp3) is 0.556. The van der Waals surface area contributed by atoms with Crippen molar-refractivity contribution in [1.29, 1.82) is 5.26 Å². The van der Waals surface area contributed by atoms with Gasteiger partial charge in [0.25, 0.3) is 10.9 Å². The quantitative estimate of drug-likeness (QED) is 0.743. The van der Waals surface area contributed by atoms with Gasteiger partial charge in [-0.1, -0.05) is 0 Å². The standard InChI is InChI=1S/C18H24N6O2/c1-12-14(13(2)22(3)21-12)11-20-15-16(18(26)17(15)25)24-9-7-23(8-10-24)6-4-5-19/h20H,4,6-11H2,1-3H3. The number of nitrogens with one attached hydrogen (secondary N) is 1. The third-order valence-electron chi connectivity index (χ3n) is 5.21. The highest BCUT2D eigenvalue weighted by Crippen LogP contribution is 2.23. The first kappa shape index (κ1) is 18.1. The van der Waals surface area contributed by atoms with E-state index in [9.17, 15) is 9.59 Å². The average molecular weight is 356 g/mol. The van der Waals surface area contributed by atoms with E-state index < -0.39 is 10.9 Å². The minimum Gasteiger partial charge on any atom is -0.376 e. The smallest absolute Gasteiger partial charge is 0.253 e. The molecule has 0 unspecified atom stereocenters. The second kappa shape index (κ2) is 7.30. The Hall–Kier alpha value is -2.66. The van der Waals surface area contributed by atoms with Crippen molar-refractivity contribution >= 4 is 11.4 Å². The van der Waals surface area contributed by atoms with Crippen LogP contribution in [-0.4, -0.2) is 47.4 Å². The number of hydrogen-bond acceptors (Lipinski definition) is 7. The monoisotopic (exact) mass is 356 g/mol. The minimum atomic E-state index is -0.439. The van der Waals surface area contributed by atoms with Crippen molar-refractivity contribution in [2.24, 2.45) is 7.05 Å². The number of aromatic nitrogens is 2. The number of hydrogen-bond donors (Lipinski definition) is 1. The largest absolute Gasteiger partial charge is 0.376 e. The lowest BCUT2D eigenvalue weighted by Gasteiger charge is -2.36. The molecule has 1 aliphatic heterocycles. The molecular weight excluding hydrogens is 332 g/mol. The highest BCUT2D eigenvalue weighted by Gasteiger charge is 2.28. The lowest BCUT2D eigenvalue weighted by Crippen LogP contribution is -2.51. The van der Waals surface area contributed by atoms with Gasteiger partial charge in [-0.2, -0.15) is 10.4 Å². The first-order chi connectivity index (χ1) is 12.4. The van der Waals surface area contributed by atoms with E-state index in [1.54, 1.807) is 0 Å². The number of nitriles is 1. The zero-order valence-corrected chi connectivity index (χ0v) is 15.5. The number of piperazine rings is 1. The molecule has 8 heteroatoms. The van der Waals surface area contributed by atoms with Crippen LogP contribution < -0.4 is 21.1 Å². The van der Waals surface area contributed by atoms with Crippen LogP contribution in [0.5, 0.6) is 0 Å². The lowest BCUT2D eigenvalue weighted by molar-refractivity contribution is 0.263. The molecule has 0 spiro atoms. The summed E-state index contributed by atoms with van der Waals surface area (Å²) in [5, 5.41) is 16.2. The molecule has 26 heavy (non-hydrogen) atoms. The van der Waals surface area contributed by atoms with Gasteiger partial charge in [0, 0.05) is 64.0 Å². The summed E-state index contributed by atoms with van der Waals surface area (Å²) >= 11 is 0. The molecule has 1 aromatic carbocycles. The summed E-state index contributed by atoms with van der Waals surface area (Å²) in [5.41, 5.74) is 3.10. The molecule has 0 bridgehead atoms. The van der Waals surface area contributed by atoms with Crippen LogP contribution in [0.1, 0.15) is 23.4 Å². The van der Waals surface area contributed by atoms with Crippen LogP contribution in [0.2, 0.25) is 0 Å². The topological polar surface area (TPSA) is 94.3 Å². The van der Waals surface area contributed by atoms with Crippen molar-refractivity contribution in [3.05, 3.63) is 37.4 Å². The molecule has 1 saturated heterocycles. The lowest BCUT2D eigenvalue weighted by atomic mass is 10.1. The van der Waals surface area contributed by atoms with Gasteiger partial charge in [-0.15, -0.1) is 0 Å². The average Bonchev–Trinajstić information content (AvgIpc) is 2.89. The van der Waals surface area contributed by atoms with Gasteiger partial charge in [-0.3, -0.25) is 19.2 Å². The third-order valence-corrected chi connectivity index (χ3v) is 5.21. The van der Waals surface area contributed by atoms with Gasteiger partial charge >= 0.3 is 0 Å². The van der Waals surface area contributed by atoms with Crippen molar-refractivity contribution in [2.45, 2.75) is 26.8 Å². The van der Waals surface area contributed by atoms with Crippen molar-refractivity contribution in [1.82, 2.24) is 14.7 Å². The third kappa shape index (κ3) is 3.22. The van der Waals surface area contributed by atoms with Crippen molar-refractivity contribution in [2.75, 3.05) is 42.9 Å². The van der Waals surface area contributed by atoms with Crippen molar-refractivity contribution in [3.8, 4) is 6.07 Å². The van der Waals surface area contributed by atoms with Crippen LogP contribution >= 0.6 is 0 Å². The molecule has 0 radical (unpaired) electrons. The maximum absolute atomic E-state index is 12.1. The number of rotatable bonds is 6. The summed E-state index contributed by atoms with van der Waals surface area (Å²) < 4.78 is 1.82. The van der Waals surface area contributed by atoms with Crippen LogP contribution in [0, 0.1) is 25.2 Å². The van der Waals surface area contributed by atoms with Gasteiger partial charge in [0.1, 0.15) is 11.4 Å². The zero-order valence-electron chi connectivity index (χ0n) is 15.5. The molecule has 0 atom stereocenters. The van der Waals surface area contributed by atoms with Gasteiger partial charge in [0.05, 0.1) is 11.8 Å². The SMILES string of the molecule is Cc1nn(C)c(C)c1CNc1c(N2CCN(CCC#N)CC2)c(=O)c1=O. The molecule has 1 aromatic heterocycles. The second-order valence-corrected chi connectivity index (χ2v) is 6.75. The van der Waals surface area contributed by atoms with Crippen LogP contribution in [0.25, 0.3) is 0 Å². The molecule has 0 amide bonds. The Morgan fingerprint density at radius 2 is 1.85 bits per heavy atom. The molecule has 3 rings (SSSR count). The number of anilines is 2. The summed E-state index contributed by atoms with van der Waals surface area (Å²) in [6.45, 7) is 8.12. The second-order valence-electron chi connectivity index (χ2n) is 6.75. The van der Waals surface area contributed by atoms with Gasteiger partial charge < -0.3 is 10.2 Å². The predicted octanol–water partition coefficient (Wildman–Crippen LogP) is 0.281. The fourth-order valence-corrected chi connectivity index (χ4v) is 3.50. The minimum absolute atomic E-state index is 0.405. The van der Waals surface area contributed by atoms with Crippen LogP contribution in [0.15, 0.2) is 9.59 Å². The van der Waals surface area contributed by atoms with Crippen molar-refractivity contribution < 1.29 is 0 Å². The van der Waals surface area contributed by atoms with E-state index >= 15 is 0 Å². The molecule has 1 N–H and O–H groups in total. The molecule has 1 fully saturated rings. The number of aryl methyl sites for hydroxylation is 2. The van der Waals surface area contributed by atoms with Crippen molar-refractivity contribution in [3.63, 3.8) is 0 Å². The van der Waals surface area contributed by atoms with Gasteiger partial charge in [0.2, 0.25) is 0 Å². The Balaban J connectivity index is 1.68. The Bertz CT molecular complexity index is 908. The molecule has 0 aliphatic carbocycles. The Kier molecular flexibility index (Phi) is 5.09. The van der Waals surface area contributed by atoms with E-state index in [1.165, 1.54) is 0 Å². The van der Waals surface area contributed by atoms with Gasteiger partial charge in [0.15, 0.2) is 0 Å². The van der Waals surface area contributed by atoms with E-state index in [0.717, 1.165) is 36.6 Å². The molecule has 0 saturated carbocycles. The normalized spacial score (nSPS) is 15.4. The highest BCUT2D eigenvalue weighted by atomic mass is 16.2. The summed E-state index contributed by atoms with van der Waals surface area (Å²) in [7, 11) is 1.89. The maximum atomic E-state index is 12.1. The predicted molar refractivity (Wildman–Crippen MR) is 100 cm³/mol. The van der Waals surface area contributed by atoms with Crippen LogP contribution in [0.3, 0.4) is 0 Å². The van der Waals surface area contributed by atoms with Gasteiger partial charge in [-0.05, 0) is 13.8 Å². The first-order valence-electron chi connectivity index (χ1n) is 8.84. The number of nitrogens with zero attached hydrogens (tertiary/aromatic N) is 5. The molecule has 8 nitrogen and oxygen atoms in total. The van der Waals surface area contributed by atoms with Crippen LogP contribution in [0.4, 0.5) is 11.4 Å². The fourth-order valence-electron chi connectivity index (χ4n) is 3.50. The Labute approximate surface area is 152 Å². The summed E-state index contributed by atoms with van der Waals surface area (Å²) in [4.78, 5) is 28.4. The molecule has 2 aromatic rings. The molecule has 1 aliphatic rings. The van der Waals surface area contributed by atoms with Crippen LogP contribution in [-0.2, 0) is 13.6 Å². The van der Waals surface area contributed by atoms with E-state index in [0.29, 0.717) is 37.4 Å². The highest BCUT2D eigenvalue weighted by molar-refractivity contribution is 5.75. The molecular formula is C18H24N6O2. The summed E-state index contributed by atoms with van der Waals surface area (Å²) in [6.07, 6.45) is 0.511. The Morgan fingerprint density at radius 3 is 2.42 bits per heavy atom. The summed E-state index contributed by atoms with van der Waals surface area (Å²) in [6, 6.07) is 2.15. The molecule has 2 heterocycles. The maximum Gasteiger partial charge on any atom is 0.253 e. The Morgan fingerprint density at radius 1 is 1.15 bits per heavy atom. The van der Waals surface area contributed by atoms with E-state index in [4.69, 9.17) is 5.26 Å². The first-order valence-corrected chi connectivity index (χ1v) is 8.84. The van der Waals surface area contributed by atoms with E-state index in [-0.39, 0.29) is 0 Å². The summed E-state index contributed by atoms with van der Waals surface area (Å²) in [5.74, 6) is 0.